The van der Waals surface area contributed by atoms with E-state index in [4.69, 9.17) is 10.5 Å². The third kappa shape index (κ3) is 6.32. The quantitative estimate of drug-likeness (QED) is 0.552. The molecule has 0 aliphatic rings. The minimum Gasteiger partial charge on any atom is -0.383 e. The van der Waals surface area contributed by atoms with Crippen molar-refractivity contribution in [2.24, 2.45) is 11.3 Å². The number of benzene rings is 1. The number of ether oxygens (including phenoxy) is 1. The third-order valence-electron chi connectivity index (χ3n) is 4.84. The highest BCUT2D eigenvalue weighted by atomic mass is 16.5. The molecule has 33 heavy (non-hydrogen) atoms. The van der Waals surface area contributed by atoms with Gasteiger partial charge in [-0.2, -0.15) is 0 Å². The monoisotopic (exact) mass is 459 g/mol. The number of nitrogens with one attached hydrogen (secondary N) is 2. The molecule has 180 valence electrons. The highest BCUT2D eigenvalue weighted by Gasteiger charge is 2.26. The first kappa shape index (κ1) is 25.9. The van der Waals surface area contributed by atoms with Crippen molar-refractivity contribution in [2.75, 3.05) is 36.2 Å². The van der Waals surface area contributed by atoms with Gasteiger partial charge in [0.1, 0.15) is 5.82 Å². The van der Waals surface area contributed by atoms with E-state index in [0.29, 0.717) is 5.69 Å². The van der Waals surface area contributed by atoms with E-state index in [2.05, 4.69) is 10.3 Å². The van der Waals surface area contributed by atoms with Crippen LogP contribution >= 0.6 is 0 Å². The molecule has 0 radical (unpaired) electrons. The van der Waals surface area contributed by atoms with Gasteiger partial charge < -0.3 is 15.8 Å². The van der Waals surface area contributed by atoms with Crippen molar-refractivity contribution in [1.82, 2.24) is 9.55 Å². The van der Waals surface area contributed by atoms with Crippen LogP contribution in [0.3, 0.4) is 0 Å². The van der Waals surface area contributed by atoms with Crippen molar-refractivity contribution >= 4 is 29.0 Å². The van der Waals surface area contributed by atoms with Crippen LogP contribution in [-0.2, 0) is 16.1 Å². The van der Waals surface area contributed by atoms with Gasteiger partial charge in [0.25, 0.3) is 11.5 Å². The number of methoxy groups -OCH3 is 1. The van der Waals surface area contributed by atoms with Crippen LogP contribution in [0.2, 0.25) is 0 Å². The Morgan fingerprint density at radius 2 is 1.91 bits per heavy atom. The summed E-state index contributed by atoms with van der Waals surface area (Å²) in [5.41, 5.74) is 4.75. The van der Waals surface area contributed by atoms with E-state index >= 15 is 0 Å². The SMILES string of the molecule is COCCN(C(=O)c1cccc(NC(=O)C(C)(C)C)c1)c1c(N)n(CC(C)C)c(=O)[nH]c1=O. The molecule has 1 aromatic carbocycles. The van der Waals surface area contributed by atoms with E-state index in [1.54, 1.807) is 39.0 Å². The number of nitrogen functional groups attached to an aromatic ring is 1. The number of aromatic amines is 1. The van der Waals surface area contributed by atoms with Gasteiger partial charge in [-0.25, -0.2) is 4.79 Å². The fourth-order valence-corrected chi connectivity index (χ4v) is 3.09. The number of carbonyl (C=O) groups excluding carboxylic acids is 2. The smallest absolute Gasteiger partial charge is 0.330 e. The zero-order valence-electron chi connectivity index (χ0n) is 20.0. The van der Waals surface area contributed by atoms with Crippen molar-refractivity contribution in [3.8, 4) is 0 Å². The fourth-order valence-electron chi connectivity index (χ4n) is 3.09. The molecule has 0 bridgehead atoms. The van der Waals surface area contributed by atoms with Crippen LogP contribution in [0.4, 0.5) is 17.2 Å². The highest BCUT2D eigenvalue weighted by Crippen LogP contribution is 2.22. The molecule has 0 aliphatic heterocycles. The van der Waals surface area contributed by atoms with Crippen LogP contribution in [0.25, 0.3) is 0 Å². The van der Waals surface area contributed by atoms with E-state index in [0.717, 1.165) is 0 Å². The maximum absolute atomic E-state index is 13.5. The van der Waals surface area contributed by atoms with Gasteiger partial charge in [0.2, 0.25) is 5.91 Å². The lowest BCUT2D eigenvalue weighted by molar-refractivity contribution is -0.123. The molecule has 1 aromatic heterocycles. The zero-order chi connectivity index (χ0) is 24.9. The maximum Gasteiger partial charge on any atom is 0.330 e. The maximum atomic E-state index is 13.5. The Kier molecular flexibility index (Phi) is 8.21. The van der Waals surface area contributed by atoms with Gasteiger partial charge in [0.15, 0.2) is 5.69 Å². The summed E-state index contributed by atoms with van der Waals surface area (Å²) in [6.07, 6.45) is 0. The Morgan fingerprint density at radius 1 is 1.24 bits per heavy atom. The van der Waals surface area contributed by atoms with Gasteiger partial charge in [-0.15, -0.1) is 0 Å². The van der Waals surface area contributed by atoms with Crippen molar-refractivity contribution < 1.29 is 14.3 Å². The standard InChI is InChI=1S/C23H33N5O5/c1-14(2)13-28-18(24)17(19(29)26-22(28)32)27(10-11-33-6)20(30)15-8-7-9-16(12-15)25-21(31)23(3,4)5/h7-9,12,14H,10-11,13,24H2,1-6H3,(H,25,31)(H,26,29,32). The molecule has 0 aliphatic carbocycles. The van der Waals surface area contributed by atoms with E-state index in [9.17, 15) is 19.2 Å². The molecule has 0 fully saturated rings. The number of H-pyrrole nitrogens is 1. The van der Waals surface area contributed by atoms with Crippen LogP contribution in [0.15, 0.2) is 33.9 Å². The molecule has 2 rings (SSSR count). The second kappa shape index (κ2) is 10.5. The summed E-state index contributed by atoms with van der Waals surface area (Å²) < 4.78 is 6.36. The summed E-state index contributed by atoms with van der Waals surface area (Å²) in [6.45, 7) is 9.59. The number of hydrogen-bond donors (Lipinski definition) is 3. The first-order valence-electron chi connectivity index (χ1n) is 10.7. The van der Waals surface area contributed by atoms with Crippen LogP contribution in [0, 0.1) is 11.3 Å². The zero-order valence-corrected chi connectivity index (χ0v) is 20.0. The predicted molar refractivity (Wildman–Crippen MR) is 129 cm³/mol. The second-order valence-corrected chi connectivity index (χ2v) is 9.23. The number of nitrogens with zero attached hydrogens (tertiary/aromatic N) is 2. The van der Waals surface area contributed by atoms with Gasteiger partial charge in [0, 0.05) is 36.9 Å². The first-order chi connectivity index (χ1) is 15.4. The van der Waals surface area contributed by atoms with E-state index in [1.165, 1.54) is 22.6 Å². The number of hydrogen-bond acceptors (Lipinski definition) is 6. The summed E-state index contributed by atoms with van der Waals surface area (Å²) in [4.78, 5) is 54.3. The van der Waals surface area contributed by atoms with Gasteiger partial charge in [-0.05, 0) is 24.1 Å². The molecule has 0 atom stereocenters. The molecule has 0 saturated heterocycles. The molecule has 1 heterocycles. The fraction of sp³-hybridized carbons (Fsp3) is 0.478. The van der Waals surface area contributed by atoms with Gasteiger partial charge in [-0.1, -0.05) is 40.7 Å². The number of rotatable bonds is 8. The topological polar surface area (TPSA) is 140 Å². The summed E-state index contributed by atoms with van der Waals surface area (Å²) in [5.74, 6) is -0.746. The summed E-state index contributed by atoms with van der Waals surface area (Å²) in [5, 5.41) is 2.79. The average molecular weight is 460 g/mol. The molecule has 2 aromatic rings. The van der Waals surface area contributed by atoms with E-state index in [-0.39, 0.29) is 48.6 Å². The first-order valence-corrected chi connectivity index (χ1v) is 10.7. The molecular formula is C23H33N5O5. The lowest BCUT2D eigenvalue weighted by Crippen LogP contribution is -2.43. The van der Waals surface area contributed by atoms with Crippen LogP contribution in [0.1, 0.15) is 45.0 Å². The summed E-state index contributed by atoms with van der Waals surface area (Å²) in [6, 6.07) is 6.40. The number of nitrogens with two attached hydrogens (primary N) is 1. The third-order valence-corrected chi connectivity index (χ3v) is 4.84. The molecule has 10 heteroatoms. The summed E-state index contributed by atoms with van der Waals surface area (Å²) >= 11 is 0. The lowest BCUT2D eigenvalue weighted by Gasteiger charge is -2.25. The molecule has 4 N–H and O–H groups in total. The second-order valence-electron chi connectivity index (χ2n) is 9.23. The molecule has 10 nitrogen and oxygen atoms in total. The number of aromatic nitrogens is 2. The van der Waals surface area contributed by atoms with Crippen molar-refractivity contribution in [3.05, 3.63) is 50.7 Å². The molecule has 0 saturated carbocycles. The van der Waals surface area contributed by atoms with Crippen molar-refractivity contribution in [3.63, 3.8) is 0 Å². The van der Waals surface area contributed by atoms with E-state index < -0.39 is 22.6 Å². The number of carbonyl (C=O) groups is 2. The minimum absolute atomic E-state index is 0.0288. The normalized spacial score (nSPS) is 11.5. The Balaban J connectivity index is 2.54. The minimum atomic E-state index is -0.765. The van der Waals surface area contributed by atoms with E-state index in [1.807, 2.05) is 13.8 Å². The van der Waals surface area contributed by atoms with Crippen LogP contribution in [-0.4, -0.2) is 41.6 Å². The number of amides is 2. The van der Waals surface area contributed by atoms with Crippen molar-refractivity contribution in [2.45, 2.75) is 41.2 Å². The Labute approximate surface area is 192 Å². The average Bonchev–Trinajstić information content (AvgIpc) is 2.72. The molecule has 0 spiro atoms. The van der Waals surface area contributed by atoms with Gasteiger partial charge in [-0.3, -0.25) is 28.8 Å². The molecular weight excluding hydrogens is 426 g/mol. The molecule has 2 amide bonds. The summed E-state index contributed by atoms with van der Waals surface area (Å²) in [7, 11) is 1.47. The van der Waals surface area contributed by atoms with Gasteiger partial charge >= 0.3 is 5.69 Å². The number of anilines is 3. The van der Waals surface area contributed by atoms with Crippen molar-refractivity contribution in [1.29, 1.82) is 0 Å². The highest BCUT2D eigenvalue weighted by molar-refractivity contribution is 6.08. The molecule has 0 unspecified atom stereocenters. The predicted octanol–water partition coefficient (Wildman–Crippen LogP) is 2.05. The van der Waals surface area contributed by atoms with Crippen LogP contribution < -0.4 is 27.2 Å². The van der Waals surface area contributed by atoms with Crippen LogP contribution in [0.5, 0.6) is 0 Å². The Bertz CT molecular complexity index is 1130. The Morgan fingerprint density at radius 3 is 2.48 bits per heavy atom. The largest absolute Gasteiger partial charge is 0.383 e. The Hall–Kier alpha value is -3.40. The van der Waals surface area contributed by atoms with Gasteiger partial charge in [0.05, 0.1) is 6.61 Å². The lowest BCUT2D eigenvalue weighted by atomic mass is 9.95.